The second-order valence-corrected chi connectivity index (χ2v) is 5.71. The first-order valence-corrected chi connectivity index (χ1v) is 7.60. The van der Waals surface area contributed by atoms with Crippen LogP contribution in [-0.4, -0.2) is 27.6 Å². The maximum absolute atomic E-state index is 13.2. The molecule has 0 aliphatic carbocycles. The van der Waals surface area contributed by atoms with Crippen LogP contribution in [0, 0.1) is 5.82 Å². The fraction of sp³-hybridized carbons (Fsp3) is 0.294. The highest BCUT2D eigenvalue weighted by atomic mass is 19.1. The molecule has 0 spiro atoms. The lowest BCUT2D eigenvalue weighted by Crippen LogP contribution is -2.26. The van der Waals surface area contributed by atoms with Gasteiger partial charge in [0.25, 0.3) is 0 Å². The Morgan fingerprint density at radius 1 is 1.14 bits per heavy atom. The number of fused-ring (bicyclic) bond motifs is 1. The summed E-state index contributed by atoms with van der Waals surface area (Å²) in [4.78, 5) is 8.65. The lowest BCUT2D eigenvalue weighted by atomic mass is 9.91. The zero-order valence-electron chi connectivity index (χ0n) is 12.2. The highest BCUT2D eigenvalue weighted by molar-refractivity contribution is 5.81. The van der Waals surface area contributed by atoms with Crippen molar-refractivity contribution < 1.29 is 4.39 Å². The Morgan fingerprint density at radius 2 is 1.91 bits per heavy atom. The van der Waals surface area contributed by atoms with Gasteiger partial charge in [0.2, 0.25) is 0 Å². The smallest absolute Gasteiger partial charge is 0.123 e. The Balaban J connectivity index is 1.86. The number of hydrogen-bond acceptors (Lipinski definition) is 3. The summed E-state index contributed by atoms with van der Waals surface area (Å²) >= 11 is 0. The molecule has 112 valence electrons. The number of nitrogens with zero attached hydrogens (tertiary/aromatic N) is 3. The first-order chi connectivity index (χ1) is 10.8. The molecule has 0 atom stereocenters. The molecule has 5 heteroatoms. The minimum absolute atomic E-state index is 0.227. The van der Waals surface area contributed by atoms with Crippen LogP contribution in [0.15, 0.2) is 43.0 Å². The molecule has 0 bridgehead atoms. The van der Waals surface area contributed by atoms with Crippen molar-refractivity contribution in [2.75, 3.05) is 13.1 Å². The predicted molar refractivity (Wildman–Crippen MR) is 83.7 cm³/mol. The van der Waals surface area contributed by atoms with Crippen LogP contribution in [0.5, 0.6) is 0 Å². The van der Waals surface area contributed by atoms with Crippen molar-refractivity contribution >= 4 is 11.0 Å². The van der Waals surface area contributed by atoms with Gasteiger partial charge in [-0.3, -0.25) is 0 Å². The summed E-state index contributed by atoms with van der Waals surface area (Å²) in [5.74, 6) is 0.287. The molecule has 1 aliphatic heterocycles. The third-order valence-electron chi connectivity index (χ3n) is 4.38. The molecule has 1 saturated heterocycles. The van der Waals surface area contributed by atoms with Gasteiger partial charge in [0.05, 0.1) is 17.2 Å². The Morgan fingerprint density at radius 3 is 2.68 bits per heavy atom. The van der Waals surface area contributed by atoms with E-state index in [-0.39, 0.29) is 5.82 Å². The van der Waals surface area contributed by atoms with Crippen molar-refractivity contribution in [1.29, 1.82) is 0 Å². The maximum atomic E-state index is 13.2. The molecule has 0 amide bonds. The van der Waals surface area contributed by atoms with Crippen LogP contribution in [-0.2, 0) is 0 Å². The maximum Gasteiger partial charge on any atom is 0.123 e. The summed E-state index contributed by atoms with van der Waals surface area (Å²) in [6, 6.07) is 6.53. The average molecular weight is 296 g/mol. The van der Waals surface area contributed by atoms with Crippen LogP contribution in [0.2, 0.25) is 0 Å². The van der Waals surface area contributed by atoms with E-state index in [0.717, 1.165) is 42.7 Å². The second kappa shape index (κ2) is 5.50. The lowest BCUT2D eigenvalue weighted by Gasteiger charge is -2.21. The second-order valence-electron chi connectivity index (χ2n) is 5.71. The van der Waals surface area contributed by atoms with Gasteiger partial charge < -0.3 is 9.88 Å². The molecule has 22 heavy (non-hydrogen) atoms. The Hall–Kier alpha value is -2.27. The first-order valence-electron chi connectivity index (χ1n) is 7.60. The van der Waals surface area contributed by atoms with Crippen molar-refractivity contribution in [3.05, 3.63) is 54.4 Å². The summed E-state index contributed by atoms with van der Waals surface area (Å²) in [6.07, 6.45) is 7.81. The quantitative estimate of drug-likeness (QED) is 0.790. The molecule has 3 aromatic rings. The van der Waals surface area contributed by atoms with Crippen molar-refractivity contribution in [3.63, 3.8) is 0 Å². The van der Waals surface area contributed by atoms with E-state index >= 15 is 0 Å². The number of aromatic nitrogens is 3. The van der Waals surface area contributed by atoms with Gasteiger partial charge in [-0.05, 0) is 61.7 Å². The van der Waals surface area contributed by atoms with E-state index in [0.29, 0.717) is 5.92 Å². The fourth-order valence-corrected chi connectivity index (χ4v) is 3.24. The normalized spacial score (nSPS) is 16.2. The third kappa shape index (κ3) is 2.27. The Labute approximate surface area is 128 Å². The van der Waals surface area contributed by atoms with Gasteiger partial charge in [-0.2, -0.15) is 0 Å². The number of hydrogen-bond donors (Lipinski definition) is 1. The summed E-state index contributed by atoms with van der Waals surface area (Å²) in [5.41, 5.74) is 4.18. The molecule has 1 N–H and O–H groups in total. The van der Waals surface area contributed by atoms with E-state index in [9.17, 15) is 4.39 Å². The van der Waals surface area contributed by atoms with Crippen LogP contribution in [0.1, 0.15) is 24.3 Å². The molecule has 0 saturated carbocycles. The topological polar surface area (TPSA) is 42.7 Å². The summed E-state index contributed by atoms with van der Waals surface area (Å²) in [6.45, 7) is 2.08. The molecule has 4 rings (SSSR count). The van der Waals surface area contributed by atoms with Crippen LogP contribution in [0.4, 0.5) is 4.39 Å². The minimum atomic E-state index is -0.227. The van der Waals surface area contributed by atoms with Gasteiger partial charge in [0.1, 0.15) is 12.1 Å². The number of nitrogens with one attached hydrogen (secondary N) is 1. The zero-order valence-corrected chi connectivity index (χ0v) is 12.2. The fourth-order valence-electron chi connectivity index (χ4n) is 3.24. The highest BCUT2D eigenvalue weighted by Gasteiger charge is 2.21. The predicted octanol–water partition coefficient (Wildman–Crippen LogP) is 3.03. The van der Waals surface area contributed by atoms with Gasteiger partial charge in [0, 0.05) is 11.9 Å². The lowest BCUT2D eigenvalue weighted by molar-refractivity contribution is 0.462. The molecule has 1 aromatic carbocycles. The zero-order chi connectivity index (χ0) is 14.9. The molecule has 3 heterocycles. The van der Waals surface area contributed by atoms with E-state index < -0.39 is 0 Å². The molecular weight excluding hydrogens is 279 g/mol. The number of piperidine rings is 1. The molecule has 4 nitrogen and oxygen atoms in total. The van der Waals surface area contributed by atoms with Crippen LogP contribution in [0.3, 0.4) is 0 Å². The number of halogens is 1. The summed E-state index contributed by atoms with van der Waals surface area (Å²) < 4.78 is 15.2. The van der Waals surface area contributed by atoms with E-state index in [2.05, 4.69) is 26.0 Å². The van der Waals surface area contributed by atoms with Crippen molar-refractivity contribution in [2.24, 2.45) is 0 Å². The highest BCUT2D eigenvalue weighted by Crippen LogP contribution is 2.32. The van der Waals surface area contributed by atoms with Gasteiger partial charge in [-0.15, -0.1) is 0 Å². The van der Waals surface area contributed by atoms with E-state index in [1.54, 1.807) is 18.5 Å². The standard InChI is InChI=1S/C17H17FN4/c18-13-1-3-14(4-2-13)22-10-15(12-5-7-19-8-6-12)17-16(22)9-20-11-21-17/h1-4,9-12,19H,5-8H2. The summed E-state index contributed by atoms with van der Waals surface area (Å²) in [5, 5.41) is 3.40. The first kappa shape index (κ1) is 13.4. The van der Waals surface area contributed by atoms with E-state index in [1.807, 2.05) is 6.20 Å². The summed E-state index contributed by atoms with van der Waals surface area (Å²) in [7, 11) is 0. The van der Waals surface area contributed by atoms with E-state index in [1.165, 1.54) is 17.7 Å². The molecule has 0 radical (unpaired) electrons. The molecule has 1 fully saturated rings. The Bertz CT molecular complexity index is 788. The Kier molecular flexibility index (Phi) is 3.35. The van der Waals surface area contributed by atoms with Gasteiger partial charge >= 0.3 is 0 Å². The number of rotatable bonds is 2. The minimum Gasteiger partial charge on any atom is -0.317 e. The monoisotopic (exact) mass is 296 g/mol. The van der Waals surface area contributed by atoms with Crippen molar-refractivity contribution in [2.45, 2.75) is 18.8 Å². The van der Waals surface area contributed by atoms with E-state index in [4.69, 9.17) is 0 Å². The van der Waals surface area contributed by atoms with Crippen LogP contribution >= 0.6 is 0 Å². The van der Waals surface area contributed by atoms with Gasteiger partial charge in [-0.1, -0.05) is 0 Å². The van der Waals surface area contributed by atoms with Gasteiger partial charge in [0.15, 0.2) is 0 Å². The SMILES string of the molecule is Fc1ccc(-n2cc(C3CCNCC3)c3ncncc32)cc1. The molecule has 1 aliphatic rings. The number of benzene rings is 1. The largest absolute Gasteiger partial charge is 0.317 e. The van der Waals surface area contributed by atoms with Gasteiger partial charge in [-0.25, -0.2) is 14.4 Å². The third-order valence-corrected chi connectivity index (χ3v) is 4.38. The molecular formula is C17H17FN4. The van der Waals surface area contributed by atoms with Crippen molar-refractivity contribution in [3.8, 4) is 5.69 Å². The van der Waals surface area contributed by atoms with Crippen molar-refractivity contribution in [1.82, 2.24) is 19.9 Å². The molecule has 0 unspecified atom stereocenters. The van der Waals surface area contributed by atoms with Crippen LogP contribution < -0.4 is 5.32 Å². The average Bonchev–Trinajstić information content (AvgIpc) is 2.96. The van der Waals surface area contributed by atoms with Crippen LogP contribution in [0.25, 0.3) is 16.7 Å². The molecule has 2 aromatic heterocycles.